The van der Waals surface area contributed by atoms with Crippen molar-refractivity contribution in [2.24, 2.45) is 0 Å². The molecule has 1 fully saturated rings. The van der Waals surface area contributed by atoms with Crippen LogP contribution in [0, 0.1) is 5.82 Å². The number of sulfonamides is 1. The van der Waals surface area contributed by atoms with Crippen LogP contribution in [0.2, 0.25) is 0 Å². The Kier molecular flexibility index (Phi) is 8.48. The standard InChI is InChI=1S/C28H33FN2O2S/c29-27-13-11-24(12-14-27)25(15-19-30-34(32,33)28-9-5-2-6-10-28)16-20-31-21-17-26(18-22-31)23-7-3-1-4-8-23/h1-14,25-26,30H,15-22H2. The van der Waals surface area contributed by atoms with Gasteiger partial charge in [0.1, 0.15) is 5.82 Å². The normalized spacial score (nSPS) is 16.4. The van der Waals surface area contributed by atoms with Crippen LogP contribution in [0.4, 0.5) is 4.39 Å². The monoisotopic (exact) mass is 480 g/mol. The molecule has 0 radical (unpaired) electrons. The quantitative estimate of drug-likeness (QED) is 0.414. The van der Waals surface area contributed by atoms with Crippen LogP contribution >= 0.6 is 0 Å². The van der Waals surface area contributed by atoms with Gasteiger partial charge >= 0.3 is 0 Å². The molecule has 0 amide bonds. The Morgan fingerprint density at radius 1 is 0.853 bits per heavy atom. The van der Waals surface area contributed by atoms with Gasteiger partial charge in [0, 0.05) is 6.54 Å². The third-order valence-corrected chi connectivity index (χ3v) is 8.31. The number of hydrogen-bond acceptors (Lipinski definition) is 3. The lowest BCUT2D eigenvalue weighted by Gasteiger charge is -2.33. The van der Waals surface area contributed by atoms with Crippen LogP contribution in [-0.2, 0) is 10.0 Å². The van der Waals surface area contributed by atoms with Crippen LogP contribution in [-0.4, -0.2) is 39.5 Å². The molecule has 0 aliphatic carbocycles. The predicted molar refractivity (Wildman–Crippen MR) is 135 cm³/mol. The molecule has 6 heteroatoms. The zero-order chi connectivity index (χ0) is 23.8. The first kappa shape index (κ1) is 24.6. The minimum Gasteiger partial charge on any atom is -0.303 e. The Morgan fingerprint density at radius 3 is 2.12 bits per heavy atom. The molecule has 0 saturated carbocycles. The van der Waals surface area contributed by atoms with Crippen molar-refractivity contribution < 1.29 is 12.8 Å². The molecule has 3 aromatic carbocycles. The Bertz CT molecular complexity index is 1110. The van der Waals surface area contributed by atoms with Gasteiger partial charge < -0.3 is 4.90 Å². The maximum absolute atomic E-state index is 13.5. The fraction of sp³-hybridized carbons (Fsp3) is 0.357. The summed E-state index contributed by atoms with van der Waals surface area (Å²) in [5.41, 5.74) is 2.48. The average Bonchev–Trinajstić information content (AvgIpc) is 2.88. The molecule has 180 valence electrons. The first-order valence-corrected chi connectivity index (χ1v) is 13.6. The van der Waals surface area contributed by atoms with E-state index in [4.69, 9.17) is 0 Å². The minimum absolute atomic E-state index is 0.158. The van der Waals surface area contributed by atoms with Crippen LogP contribution in [0.3, 0.4) is 0 Å². The molecule has 1 atom stereocenters. The van der Waals surface area contributed by atoms with E-state index in [0.29, 0.717) is 18.9 Å². The summed E-state index contributed by atoms with van der Waals surface area (Å²) in [5.74, 6) is 0.527. The van der Waals surface area contributed by atoms with Gasteiger partial charge in [0.2, 0.25) is 10.0 Å². The zero-order valence-corrected chi connectivity index (χ0v) is 20.3. The van der Waals surface area contributed by atoms with Gasteiger partial charge in [-0.25, -0.2) is 17.5 Å². The van der Waals surface area contributed by atoms with Crippen LogP contribution in [0.1, 0.15) is 48.6 Å². The SMILES string of the molecule is O=S(=O)(NCCC(CCN1CCC(c2ccccc2)CC1)c1ccc(F)cc1)c1ccccc1. The molecule has 1 N–H and O–H groups in total. The molecule has 34 heavy (non-hydrogen) atoms. The summed E-state index contributed by atoms with van der Waals surface area (Å²) in [6.45, 7) is 3.43. The molecule has 0 aromatic heterocycles. The van der Waals surface area contributed by atoms with Crippen molar-refractivity contribution in [3.05, 3.63) is 102 Å². The molecule has 0 spiro atoms. The van der Waals surface area contributed by atoms with Crippen LogP contribution in [0.15, 0.2) is 89.8 Å². The van der Waals surface area contributed by atoms with E-state index in [2.05, 4.69) is 40.0 Å². The number of benzene rings is 3. The second kappa shape index (κ2) is 11.7. The van der Waals surface area contributed by atoms with Crippen LogP contribution in [0.25, 0.3) is 0 Å². The van der Waals surface area contributed by atoms with Gasteiger partial charge in [-0.3, -0.25) is 0 Å². The molecule has 4 rings (SSSR count). The highest BCUT2D eigenvalue weighted by Gasteiger charge is 2.22. The van der Waals surface area contributed by atoms with Crippen molar-refractivity contribution in [3.63, 3.8) is 0 Å². The third kappa shape index (κ3) is 6.75. The lowest BCUT2D eigenvalue weighted by atomic mass is 9.88. The van der Waals surface area contributed by atoms with Crippen molar-refractivity contribution in [2.75, 3.05) is 26.2 Å². The van der Waals surface area contributed by atoms with Crippen molar-refractivity contribution in [1.82, 2.24) is 9.62 Å². The van der Waals surface area contributed by atoms with Gasteiger partial charge in [-0.1, -0.05) is 60.7 Å². The molecular formula is C28H33FN2O2S. The Balaban J connectivity index is 1.33. The van der Waals surface area contributed by atoms with Gasteiger partial charge in [-0.15, -0.1) is 0 Å². The van der Waals surface area contributed by atoms with Gasteiger partial charge in [-0.05, 0) is 92.5 Å². The summed E-state index contributed by atoms with van der Waals surface area (Å²) in [6.07, 6.45) is 3.89. The van der Waals surface area contributed by atoms with E-state index in [1.807, 2.05) is 12.1 Å². The summed E-state index contributed by atoms with van der Waals surface area (Å²) in [6, 6.07) is 25.8. The lowest BCUT2D eigenvalue weighted by molar-refractivity contribution is 0.204. The fourth-order valence-electron chi connectivity index (χ4n) is 4.82. The first-order chi connectivity index (χ1) is 16.5. The Labute approximate surface area is 202 Å². The molecule has 1 aliphatic heterocycles. The molecule has 4 nitrogen and oxygen atoms in total. The molecular weight excluding hydrogens is 447 g/mol. The number of likely N-dealkylation sites (tertiary alicyclic amines) is 1. The van der Waals surface area contributed by atoms with Gasteiger partial charge in [0.25, 0.3) is 0 Å². The van der Waals surface area contributed by atoms with E-state index < -0.39 is 10.0 Å². The number of rotatable bonds is 10. The van der Waals surface area contributed by atoms with Crippen molar-refractivity contribution in [1.29, 1.82) is 0 Å². The van der Waals surface area contributed by atoms with Crippen molar-refractivity contribution in [2.45, 2.75) is 42.4 Å². The zero-order valence-electron chi connectivity index (χ0n) is 19.4. The number of nitrogens with one attached hydrogen (secondary N) is 1. The molecule has 3 aromatic rings. The van der Waals surface area contributed by atoms with E-state index in [1.165, 1.54) is 17.7 Å². The summed E-state index contributed by atoms with van der Waals surface area (Å²) in [4.78, 5) is 2.78. The van der Waals surface area contributed by atoms with E-state index in [9.17, 15) is 12.8 Å². The van der Waals surface area contributed by atoms with Gasteiger partial charge in [0.15, 0.2) is 0 Å². The van der Waals surface area contributed by atoms with Crippen molar-refractivity contribution >= 4 is 10.0 Å². The number of nitrogens with zero attached hydrogens (tertiary/aromatic N) is 1. The third-order valence-electron chi connectivity index (χ3n) is 6.83. The highest BCUT2D eigenvalue weighted by atomic mass is 32.2. The Hall–Kier alpha value is -2.54. The minimum atomic E-state index is -3.53. The largest absolute Gasteiger partial charge is 0.303 e. The van der Waals surface area contributed by atoms with Gasteiger partial charge in [0.05, 0.1) is 4.90 Å². The fourth-order valence-corrected chi connectivity index (χ4v) is 5.89. The first-order valence-electron chi connectivity index (χ1n) is 12.1. The molecule has 1 heterocycles. The Morgan fingerprint density at radius 2 is 1.47 bits per heavy atom. The topological polar surface area (TPSA) is 49.4 Å². The number of piperidine rings is 1. The summed E-state index contributed by atoms with van der Waals surface area (Å²) in [7, 11) is -3.53. The lowest BCUT2D eigenvalue weighted by Crippen LogP contribution is -2.34. The summed E-state index contributed by atoms with van der Waals surface area (Å²) in [5, 5.41) is 0. The second-order valence-corrected chi connectivity index (χ2v) is 10.8. The van der Waals surface area contributed by atoms with Crippen LogP contribution in [0.5, 0.6) is 0 Å². The highest BCUT2D eigenvalue weighted by molar-refractivity contribution is 7.89. The smallest absolute Gasteiger partial charge is 0.240 e. The van der Waals surface area contributed by atoms with E-state index >= 15 is 0 Å². The maximum Gasteiger partial charge on any atom is 0.240 e. The molecule has 1 aliphatic rings. The average molecular weight is 481 g/mol. The van der Waals surface area contributed by atoms with Crippen LogP contribution < -0.4 is 4.72 Å². The highest BCUT2D eigenvalue weighted by Crippen LogP contribution is 2.29. The van der Waals surface area contributed by atoms with Crippen molar-refractivity contribution in [3.8, 4) is 0 Å². The number of halogens is 1. The van der Waals surface area contributed by atoms with E-state index in [0.717, 1.165) is 44.5 Å². The number of hydrogen-bond donors (Lipinski definition) is 1. The molecule has 1 saturated heterocycles. The molecule has 1 unspecified atom stereocenters. The van der Waals surface area contributed by atoms with E-state index in [-0.39, 0.29) is 16.6 Å². The second-order valence-electron chi connectivity index (χ2n) is 9.06. The molecule has 0 bridgehead atoms. The predicted octanol–water partition coefficient (Wildman–Crippen LogP) is 5.55. The van der Waals surface area contributed by atoms with Gasteiger partial charge in [-0.2, -0.15) is 0 Å². The summed E-state index contributed by atoms with van der Waals surface area (Å²) < 4.78 is 41.4. The van der Waals surface area contributed by atoms with E-state index in [1.54, 1.807) is 30.3 Å². The summed E-state index contributed by atoms with van der Waals surface area (Å²) >= 11 is 0. The maximum atomic E-state index is 13.5.